The molecule has 0 radical (unpaired) electrons. The van der Waals surface area contributed by atoms with Crippen LogP contribution in [0.15, 0.2) is 52.3 Å². The molecule has 1 aromatic carbocycles. The van der Waals surface area contributed by atoms with Crippen LogP contribution in [0, 0.1) is 0 Å². The Kier molecular flexibility index (Phi) is 4.26. The zero-order valence-electron chi connectivity index (χ0n) is 15.3. The fourth-order valence-corrected chi connectivity index (χ4v) is 3.06. The van der Waals surface area contributed by atoms with E-state index in [-0.39, 0.29) is 30.0 Å². The van der Waals surface area contributed by atoms with E-state index in [0.29, 0.717) is 5.52 Å². The normalized spacial score (nSPS) is 11.2. The first-order valence-electron chi connectivity index (χ1n) is 8.61. The molecule has 4 aromatic rings. The molecule has 0 amide bonds. The molecular formula is C19H17N5O4. The first kappa shape index (κ1) is 17.7. The van der Waals surface area contributed by atoms with Crippen LogP contribution in [0.5, 0.6) is 0 Å². The number of esters is 1. The highest BCUT2D eigenvalue weighted by Gasteiger charge is 2.15. The summed E-state index contributed by atoms with van der Waals surface area (Å²) in [4.78, 5) is 45.1. The Morgan fingerprint density at radius 2 is 1.86 bits per heavy atom. The summed E-state index contributed by atoms with van der Waals surface area (Å²) in [5.74, 6) is -0.546. The van der Waals surface area contributed by atoms with E-state index in [2.05, 4.69) is 9.97 Å². The maximum atomic E-state index is 12.4. The minimum atomic E-state index is -0.546. The second-order valence-electron chi connectivity index (χ2n) is 6.34. The number of hydrogen-bond acceptors (Lipinski definition) is 6. The van der Waals surface area contributed by atoms with Gasteiger partial charge >= 0.3 is 11.7 Å². The lowest BCUT2D eigenvalue weighted by atomic mass is 10.2. The molecule has 142 valence electrons. The number of carbonyl (C=O) groups is 1. The molecule has 0 aliphatic carbocycles. The predicted molar refractivity (Wildman–Crippen MR) is 102 cm³/mol. The van der Waals surface area contributed by atoms with Gasteiger partial charge in [-0.25, -0.2) is 19.6 Å². The van der Waals surface area contributed by atoms with Gasteiger partial charge in [0.25, 0.3) is 5.56 Å². The highest BCUT2D eigenvalue weighted by molar-refractivity contribution is 5.91. The van der Waals surface area contributed by atoms with Crippen LogP contribution in [0.1, 0.15) is 10.5 Å². The highest BCUT2D eigenvalue weighted by atomic mass is 16.5. The molecule has 9 nitrogen and oxygen atoms in total. The Hall–Kier alpha value is -3.75. The standard InChI is InChI=1S/C19H17N5O4/c1-22-16-15(17(25)23(2)19(22)27)24(11-20-16)9-10-28-18(26)14-8-7-12-5-3-4-6-13(12)21-14/h3-8,11H,9-10H2,1-2H3. The maximum absolute atomic E-state index is 12.4. The molecule has 0 fully saturated rings. The number of hydrogen-bond donors (Lipinski definition) is 0. The number of fused-ring (bicyclic) bond motifs is 2. The second-order valence-corrected chi connectivity index (χ2v) is 6.34. The van der Waals surface area contributed by atoms with Gasteiger partial charge in [0.2, 0.25) is 0 Å². The number of rotatable bonds is 4. The summed E-state index contributed by atoms with van der Waals surface area (Å²) in [5.41, 5.74) is 0.601. The molecule has 0 unspecified atom stereocenters. The van der Waals surface area contributed by atoms with E-state index in [1.807, 2.05) is 30.3 Å². The van der Waals surface area contributed by atoms with Crippen LogP contribution >= 0.6 is 0 Å². The van der Waals surface area contributed by atoms with Gasteiger partial charge in [0.15, 0.2) is 11.2 Å². The van der Waals surface area contributed by atoms with Crippen molar-refractivity contribution >= 4 is 28.0 Å². The average Bonchev–Trinajstić information content (AvgIpc) is 3.14. The van der Waals surface area contributed by atoms with E-state index < -0.39 is 17.2 Å². The van der Waals surface area contributed by atoms with Crippen molar-refractivity contribution in [2.75, 3.05) is 6.61 Å². The molecular weight excluding hydrogens is 362 g/mol. The molecule has 4 rings (SSSR count). The third-order valence-corrected chi connectivity index (χ3v) is 4.59. The minimum absolute atomic E-state index is 0.0325. The van der Waals surface area contributed by atoms with Gasteiger partial charge in [-0.15, -0.1) is 0 Å². The first-order valence-corrected chi connectivity index (χ1v) is 8.61. The fraction of sp³-hybridized carbons (Fsp3) is 0.211. The van der Waals surface area contributed by atoms with E-state index in [0.717, 1.165) is 9.95 Å². The smallest absolute Gasteiger partial charge is 0.357 e. The monoisotopic (exact) mass is 379 g/mol. The van der Waals surface area contributed by atoms with Gasteiger partial charge in [-0.1, -0.05) is 24.3 Å². The topological polar surface area (TPSA) is 101 Å². The van der Waals surface area contributed by atoms with Crippen LogP contribution < -0.4 is 11.2 Å². The van der Waals surface area contributed by atoms with E-state index in [4.69, 9.17) is 4.74 Å². The molecule has 28 heavy (non-hydrogen) atoms. The van der Waals surface area contributed by atoms with Gasteiger partial charge in [0.1, 0.15) is 12.3 Å². The third kappa shape index (κ3) is 2.86. The summed E-state index contributed by atoms with van der Waals surface area (Å²) >= 11 is 0. The van der Waals surface area contributed by atoms with E-state index in [1.54, 1.807) is 17.7 Å². The van der Waals surface area contributed by atoms with Crippen LogP contribution in [-0.4, -0.2) is 36.2 Å². The van der Waals surface area contributed by atoms with Crippen LogP contribution in [-0.2, 0) is 25.4 Å². The van der Waals surface area contributed by atoms with E-state index >= 15 is 0 Å². The summed E-state index contributed by atoms with van der Waals surface area (Å²) in [6, 6.07) is 10.9. The fourth-order valence-electron chi connectivity index (χ4n) is 3.06. The molecule has 3 heterocycles. The number of imidazole rings is 1. The number of benzene rings is 1. The Morgan fingerprint density at radius 3 is 2.68 bits per heavy atom. The van der Waals surface area contributed by atoms with Gasteiger partial charge in [-0.05, 0) is 12.1 Å². The van der Waals surface area contributed by atoms with Gasteiger partial charge in [-0.2, -0.15) is 0 Å². The zero-order valence-corrected chi connectivity index (χ0v) is 15.3. The summed E-state index contributed by atoms with van der Waals surface area (Å²) in [6.45, 7) is 0.258. The molecule has 0 aliphatic heterocycles. The number of aryl methyl sites for hydroxylation is 1. The van der Waals surface area contributed by atoms with Crippen LogP contribution in [0.2, 0.25) is 0 Å². The summed E-state index contributed by atoms with van der Waals surface area (Å²) in [6.07, 6.45) is 1.45. The van der Waals surface area contributed by atoms with Crippen molar-refractivity contribution in [3.05, 3.63) is 69.3 Å². The predicted octanol–water partition coefficient (Wildman–Crippen LogP) is 0.839. The number of aromatic nitrogens is 5. The summed E-state index contributed by atoms with van der Waals surface area (Å²) in [7, 11) is 2.96. The Balaban J connectivity index is 1.53. The van der Waals surface area contributed by atoms with Crippen LogP contribution in [0.3, 0.4) is 0 Å². The lowest BCUT2D eigenvalue weighted by molar-refractivity contribution is 0.0486. The van der Waals surface area contributed by atoms with Crippen molar-refractivity contribution in [3.63, 3.8) is 0 Å². The molecule has 0 saturated carbocycles. The van der Waals surface area contributed by atoms with E-state index in [1.165, 1.54) is 17.9 Å². The molecule has 0 bridgehead atoms. The molecule has 0 saturated heterocycles. The van der Waals surface area contributed by atoms with Crippen molar-refractivity contribution in [2.24, 2.45) is 14.1 Å². The summed E-state index contributed by atoms with van der Waals surface area (Å²) < 4.78 is 9.19. The second kappa shape index (κ2) is 6.76. The molecule has 0 N–H and O–H groups in total. The van der Waals surface area contributed by atoms with Crippen molar-refractivity contribution < 1.29 is 9.53 Å². The van der Waals surface area contributed by atoms with Gasteiger partial charge in [0.05, 0.1) is 18.4 Å². The summed E-state index contributed by atoms with van der Waals surface area (Å²) in [5, 5.41) is 0.936. The SMILES string of the molecule is Cn1c(=O)c2c(ncn2CCOC(=O)c2ccc3ccccc3n2)n(C)c1=O. The Bertz CT molecular complexity index is 1330. The number of carbonyl (C=O) groups excluding carboxylic acids is 1. The number of ether oxygens (including phenoxy) is 1. The first-order chi connectivity index (χ1) is 13.5. The lowest BCUT2D eigenvalue weighted by Crippen LogP contribution is -2.37. The Morgan fingerprint density at radius 1 is 1.07 bits per heavy atom. The quantitative estimate of drug-likeness (QED) is 0.487. The van der Waals surface area contributed by atoms with Crippen molar-refractivity contribution in [1.82, 2.24) is 23.7 Å². The van der Waals surface area contributed by atoms with Gasteiger partial charge in [0, 0.05) is 19.5 Å². The number of pyridine rings is 1. The highest BCUT2D eigenvalue weighted by Crippen LogP contribution is 2.12. The number of para-hydroxylation sites is 1. The van der Waals surface area contributed by atoms with E-state index in [9.17, 15) is 14.4 Å². The molecule has 9 heteroatoms. The van der Waals surface area contributed by atoms with Crippen LogP contribution in [0.4, 0.5) is 0 Å². The zero-order chi connectivity index (χ0) is 19.8. The lowest BCUT2D eigenvalue weighted by Gasteiger charge is -2.08. The molecule has 0 spiro atoms. The third-order valence-electron chi connectivity index (χ3n) is 4.59. The van der Waals surface area contributed by atoms with Gasteiger partial charge < -0.3 is 9.30 Å². The maximum Gasteiger partial charge on any atom is 0.357 e. The van der Waals surface area contributed by atoms with Crippen LogP contribution in [0.25, 0.3) is 22.1 Å². The molecule has 3 aromatic heterocycles. The molecule has 0 aliphatic rings. The number of nitrogens with zero attached hydrogens (tertiary/aromatic N) is 5. The minimum Gasteiger partial charge on any atom is -0.459 e. The molecule has 0 atom stereocenters. The average molecular weight is 379 g/mol. The van der Waals surface area contributed by atoms with Crippen molar-refractivity contribution in [3.8, 4) is 0 Å². The largest absolute Gasteiger partial charge is 0.459 e. The Labute approximate surface area is 158 Å². The van der Waals surface area contributed by atoms with Crippen molar-refractivity contribution in [1.29, 1.82) is 0 Å². The van der Waals surface area contributed by atoms with Crippen molar-refractivity contribution in [2.45, 2.75) is 6.54 Å². The van der Waals surface area contributed by atoms with Gasteiger partial charge in [-0.3, -0.25) is 13.9 Å².